The van der Waals surface area contributed by atoms with Crippen molar-refractivity contribution < 1.29 is 4.74 Å². The molecule has 0 spiro atoms. The lowest BCUT2D eigenvalue weighted by molar-refractivity contribution is 0.000641. The van der Waals surface area contributed by atoms with E-state index in [1.54, 1.807) is 6.33 Å². The SMILES string of the molecule is CCOC(C)(C)CNc1cc(N2CCCC2)ncn1. The van der Waals surface area contributed by atoms with Crippen LogP contribution in [0.5, 0.6) is 0 Å². The van der Waals surface area contributed by atoms with Crippen molar-refractivity contribution in [2.24, 2.45) is 0 Å². The van der Waals surface area contributed by atoms with E-state index in [0.29, 0.717) is 0 Å². The number of nitrogens with zero attached hydrogens (tertiary/aromatic N) is 3. The van der Waals surface area contributed by atoms with Crippen LogP contribution in [-0.4, -0.2) is 41.8 Å². The fourth-order valence-electron chi connectivity index (χ4n) is 2.31. The Bertz CT molecular complexity index is 402. The summed E-state index contributed by atoms with van der Waals surface area (Å²) in [5.74, 6) is 1.88. The number of hydrogen-bond acceptors (Lipinski definition) is 5. The zero-order valence-corrected chi connectivity index (χ0v) is 12.1. The number of nitrogens with one attached hydrogen (secondary N) is 1. The Labute approximate surface area is 115 Å². The molecule has 2 rings (SSSR count). The summed E-state index contributed by atoms with van der Waals surface area (Å²) in [6.07, 6.45) is 4.14. The average molecular weight is 264 g/mol. The number of rotatable bonds is 6. The van der Waals surface area contributed by atoms with Crippen molar-refractivity contribution in [2.45, 2.75) is 39.2 Å². The van der Waals surface area contributed by atoms with Crippen LogP contribution in [0.25, 0.3) is 0 Å². The van der Waals surface area contributed by atoms with Crippen molar-refractivity contribution in [1.82, 2.24) is 9.97 Å². The van der Waals surface area contributed by atoms with Gasteiger partial charge in [0, 0.05) is 32.3 Å². The van der Waals surface area contributed by atoms with E-state index in [9.17, 15) is 0 Å². The van der Waals surface area contributed by atoms with Gasteiger partial charge in [-0.05, 0) is 33.6 Å². The largest absolute Gasteiger partial charge is 0.374 e. The van der Waals surface area contributed by atoms with Crippen LogP contribution in [-0.2, 0) is 4.74 Å². The van der Waals surface area contributed by atoms with Crippen LogP contribution < -0.4 is 10.2 Å². The van der Waals surface area contributed by atoms with E-state index in [1.807, 2.05) is 13.0 Å². The van der Waals surface area contributed by atoms with E-state index in [0.717, 1.165) is 37.9 Å². The van der Waals surface area contributed by atoms with E-state index in [4.69, 9.17) is 4.74 Å². The van der Waals surface area contributed by atoms with Crippen molar-refractivity contribution in [3.05, 3.63) is 12.4 Å². The third kappa shape index (κ3) is 4.06. The van der Waals surface area contributed by atoms with Gasteiger partial charge < -0.3 is 15.0 Å². The Kier molecular flexibility index (Phi) is 4.58. The summed E-state index contributed by atoms with van der Waals surface area (Å²) in [4.78, 5) is 10.9. The van der Waals surface area contributed by atoms with Gasteiger partial charge in [0.25, 0.3) is 0 Å². The van der Waals surface area contributed by atoms with E-state index in [2.05, 4.69) is 34.0 Å². The average Bonchev–Trinajstić information content (AvgIpc) is 2.91. The zero-order valence-electron chi connectivity index (χ0n) is 12.1. The molecule has 0 radical (unpaired) electrons. The van der Waals surface area contributed by atoms with Gasteiger partial charge in [-0.1, -0.05) is 0 Å². The van der Waals surface area contributed by atoms with Crippen LogP contribution in [0.2, 0.25) is 0 Å². The second-order valence-corrected chi connectivity index (χ2v) is 5.50. The molecule has 1 fully saturated rings. The molecule has 1 aliphatic heterocycles. The first kappa shape index (κ1) is 14.1. The molecule has 1 aromatic heterocycles. The van der Waals surface area contributed by atoms with Gasteiger partial charge in [-0.15, -0.1) is 0 Å². The number of anilines is 2. The minimum atomic E-state index is -0.187. The molecular weight excluding hydrogens is 240 g/mol. The molecule has 1 aliphatic rings. The predicted molar refractivity (Wildman–Crippen MR) is 77.7 cm³/mol. The zero-order chi connectivity index (χ0) is 13.7. The quantitative estimate of drug-likeness (QED) is 0.854. The van der Waals surface area contributed by atoms with Crippen molar-refractivity contribution >= 4 is 11.6 Å². The molecule has 5 heteroatoms. The Morgan fingerprint density at radius 3 is 2.74 bits per heavy atom. The van der Waals surface area contributed by atoms with Gasteiger partial charge in [0.15, 0.2) is 0 Å². The summed E-state index contributed by atoms with van der Waals surface area (Å²) in [5.41, 5.74) is -0.187. The van der Waals surface area contributed by atoms with Crippen LogP contribution in [0.15, 0.2) is 12.4 Å². The maximum Gasteiger partial charge on any atom is 0.134 e. The van der Waals surface area contributed by atoms with Crippen LogP contribution in [0.1, 0.15) is 33.6 Å². The predicted octanol–water partition coefficient (Wildman–Crippen LogP) is 2.30. The van der Waals surface area contributed by atoms with Gasteiger partial charge in [-0.3, -0.25) is 0 Å². The maximum absolute atomic E-state index is 5.66. The molecule has 0 unspecified atom stereocenters. The standard InChI is InChI=1S/C14H24N4O/c1-4-19-14(2,3)10-15-12-9-13(17-11-16-12)18-7-5-6-8-18/h9,11H,4-8,10H2,1-3H3,(H,15,16,17). The van der Waals surface area contributed by atoms with Gasteiger partial charge >= 0.3 is 0 Å². The lowest BCUT2D eigenvalue weighted by Crippen LogP contribution is -2.33. The summed E-state index contributed by atoms with van der Waals surface area (Å²) in [6.45, 7) is 9.81. The molecule has 0 aromatic carbocycles. The molecule has 1 aromatic rings. The Hall–Kier alpha value is -1.36. The molecule has 1 N–H and O–H groups in total. The van der Waals surface area contributed by atoms with Gasteiger partial charge in [0.2, 0.25) is 0 Å². The molecule has 2 heterocycles. The minimum Gasteiger partial charge on any atom is -0.374 e. The number of hydrogen-bond donors (Lipinski definition) is 1. The first-order valence-electron chi connectivity index (χ1n) is 7.05. The topological polar surface area (TPSA) is 50.3 Å². The Morgan fingerprint density at radius 2 is 2.05 bits per heavy atom. The summed E-state index contributed by atoms with van der Waals surface area (Å²) in [5, 5.41) is 3.33. The molecule has 0 saturated carbocycles. The van der Waals surface area contributed by atoms with Crippen molar-refractivity contribution in [2.75, 3.05) is 36.5 Å². The molecule has 19 heavy (non-hydrogen) atoms. The van der Waals surface area contributed by atoms with Crippen LogP contribution in [0.3, 0.4) is 0 Å². The summed E-state index contributed by atoms with van der Waals surface area (Å²) < 4.78 is 5.66. The Morgan fingerprint density at radius 1 is 1.32 bits per heavy atom. The highest BCUT2D eigenvalue weighted by atomic mass is 16.5. The lowest BCUT2D eigenvalue weighted by Gasteiger charge is -2.25. The molecule has 1 saturated heterocycles. The highest BCUT2D eigenvalue weighted by Gasteiger charge is 2.18. The van der Waals surface area contributed by atoms with Crippen molar-refractivity contribution in [3.8, 4) is 0 Å². The Balaban J connectivity index is 1.95. The smallest absolute Gasteiger partial charge is 0.134 e. The molecule has 0 amide bonds. The summed E-state index contributed by atoms with van der Waals surface area (Å²) in [7, 11) is 0. The molecule has 0 bridgehead atoms. The minimum absolute atomic E-state index is 0.187. The number of aromatic nitrogens is 2. The van der Waals surface area contributed by atoms with Crippen LogP contribution in [0.4, 0.5) is 11.6 Å². The van der Waals surface area contributed by atoms with Gasteiger partial charge in [-0.2, -0.15) is 0 Å². The van der Waals surface area contributed by atoms with Gasteiger partial charge in [-0.25, -0.2) is 9.97 Å². The van der Waals surface area contributed by atoms with Crippen molar-refractivity contribution in [1.29, 1.82) is 0 Å². The van der Waals surface area contributed by atoms with E-state index in [-0.39, 0.29) is 5.60 Å². The highest BCUT2D eigenvalue weighted by Crippen LogP contribution is 2.19. The van der Waals surface area contributed by atoms with E-state index >= 15 is 0 Å². The van der Waals surface area contributed by atoms with E-state index < -0.39 is 0 Å². The third-order valence-electron chi connectivity index (χ3n) is 3.31. The molecule has 5 nitrogen and oxygen atoms in total. The summed E-state index contributed by atoms with van der Waals surface area (Å²) in [6, 6.07) is 2.02. The van der Waals surface area contributed by atoms with Crippen molar-refractivity contribution in [3.63, 3.8) is 0 Å². The molecule has 106 valence electrons. The monoisotopic (exact) mass is 264 g/mol. The molecule has 0 aliphatic carbocycles. The fraction of sp³-hybridized carbons (Fsp3) is 0.714. The first-order chi connectivity index (χ1) is 9.11. The highest BCUT2D eigenvalue weighted by molar-refractivity contribution is 5.49. The number of ether oxygens (including phenoxy) is 1. The normalized spacial score (nSPS) is 15.8. The van der Waals surface area contributed by atoms with Crippen LogP contribution in [0, 0.1) is 0 Å². The first-order valence-corrected chi connectivity index (χ1v) is 7.05. The summed E-state index contributed by atoms with van der Waals surface area (Å²) >= 11 is 0. The molecular formula is C14H24N4O. The van der Waals surface area contributed by atoms with E-state index in [1.165, 1.54) is 12.8 Å². The molecule has 0 atom stereocenters. The fourth-order valence-corrected chi connectivity index (χ4v) is 2.31. The second kappa shape index (κ2) is 6.19. The lowest BCUT2D eigenvalue weighted by atomic mass is 10.1. The van der Waals surface area contributed by atoms with Gasteiger partial charge in [0.05, 0.1) is 5.60 Å². The second-order valence-electron chi connectivity index (χ2n) is 5.50. The van der Waals surface area contributed by atoms with Crippen LogP contribution >= 0.6 is 0 Å². The van der Waals surface area contributed by atoms with Gasteiger partial charge in [0.1, 0.15) is 18.0 Å². The third-order valence-corrected chi connectivity index (χ3v) is 3.31. The maximum atomic E-state index is 5.66.